The third kappa shape index (κ3) is 5.11. The van der Waals surface area contributed by atoms with Gasteiger partial charge < -0.3 is 11.5 Å². The first kappa shape index (κ1) is 17.0. The number of rotatable bonds is 6. The highest BCUT2D eigenvalue weighted by molar-refractivity contribution is 5.60. The standard InChI is InChI=1S/C15H20F2N4/c1-10(8-18)7-11(9-21(2)20)3-4-12-13(16)5-6-14(19)15(12)17/h3-7H,1,8-9,18-20H2,2H3/b4-3?,11-7-. The maximum Gasteiger partial charge on any atom is 0.156 e. The molecule has 0 aliphatic carbocycles. The van der Waals surface area contributed by atoms with Crippen molar-refractivity contribution < 1.29 is 8.78 Å². The molecule has 21 heavy (non-hydrogen) atoms. The van der Waals surface area contributed by atoms with Gasteiger partial charge >= 0.3 is 0 Å². The summed E-state index contributed by atoms with van der Waals surface area (Å²) in [5, 5.41) is 1.44. The van der Waals surface area contributed by atoms with Gasteiger partial charge in [-0.05, 0) is 29.4 Å². The average molecular weight is 294 g/mol. The summed E-state index contributed by atoms with van der Waals surface area (Å²) in [6.07, 6.45) is 4.60. The summed E-state index contributed by atoms with van der Waals surface area (Å²) in [6, 6.07) is 2.30. The molecule has 0 saturated carbocycles. The molecule has 0 aliphatic rings. The van der Waals surface area contributed by atoms with Crippen LogP contribution in [0.3, 0.4) is 0 Å². The largest absolute Gasteiger partial charge is 0.396 e. The first-order valence-electron chi connectivity index (χ1n) is 6.31. The van der Waals surface area contributed by atoms with Crippen molar-refractivity contribution >= 4 is 11.8 Å². The summed E-state index contributed by atoms with van der Waals surface area (Å²) in [4.78, 5) is 0. The van der Waals surface area contributed by atoms with Gasteiger partial charge in [0.05, 0.1) is 5.69 Å². The van der Waals surface area contributed by atoms with Gasteiger partial charge in [0.2, 0.25) is 0 Å². The molecule has 1 aromatic carbocycles. The van der Waals surface area contributed by atoms with E-state index in [1.807, 2.05) is 0 Å². The Bertz CT molecular complexity index is 577. The van der Waals surface area contributed by atoms with Crippen molar-refractivity contribution in [3.05, 3.63) is 59.2 Å². The molecule has 0 saturated heterocycles. The monoisotopic (exact) mass is 294 g/mol. The van der Waals surface area contributed by atoms with Crippen molar-refractivity contribution in [1.29, 1.82) is 0 Å². The van der Waals surface area contributed by atoms with Crippen molar-refractivity contribution in [3.63, 3.8) is 0 Å². The fraction of sp³-hybridized carbons (Fsp3) is 0.200. The number of halogens is 2. The van der Waals surface area contributed by atoms with Gasteiger partial charge in [0.15, 0.2) is 5.82 Å². The molecule has 1 aromatic rings. The Morgan fingerprint density at radius 1 is 1.38 bits per heavy atom. The van der Waals surface area contributed by atoms with Gasteiger partial charge in [-0.25, -0.2) is 13.8 Å². The Labute approximate surface area is 123 Å². The van der Waals surface area contributed by atoms with Crippen molar-refractivity contribution in [2.75, 3.05) is 25.9 Å². The molecule has 6 heteroatoms. The molecular formula is C15H20F2N4. The second kappa shape index (κ2) is 7.68. The van der Waals surface area contributed by atoms with Crippen LogP contribution >= 0.6 is 0 Å². The lowest BCUT2D eigenvalue weighted by molar-refractivity contribution is 0.383. The van der Waals surface area contributed by atoms with E-state index in [-0.39, 0.29) is 17.8 Å². The second-order valence-corrected chi connectivity index (χ2v) is 4.69. The minimum atomic E-state index is -0.788. The Kier molecular flexibility index (Phi) is 6.23. The molecule has 114 valence electrons. The molecule has 0 bridgehead atoms. The smallest absolute Gasteiger partial charge is 0.156 e. The minimum Gasteiger partial charge on any atom is -0.396 e. The van der Waals surface area contributed by atoms with Crippen LogP contribution in [-0.4, -0.2) is 25.1 Å². The van der Waals surface area contributed by atoms with Gasteiger partial charge in [-0.3, -0.25) is 5.84 Å². The van der Waals surface area contributed by atoms with Gasteiger partial charge in [-0.15, -0.1) is 0 Å². The van der Waals surface area contributed by atoms with Gasteiger partial charge in [-0.2, -0.15) is 0 Å². The highest BCUT2D eigenvalue weighted by Gasteiger charge is 2.09. The molecule has 1 rings (SSSR count). The maximum absolute atomic E-state index is 13.8. The quantitative estimate of drug-likeness (QED) is 0.323. The summed E-state index contributed by atoms with van der Waals surface area (Å²) in [6.45, 7) is 4.42. The van der Waals surface area contributed by atoms with Crippen molar-refractivity contribution in [2.45, 2.75) is 0 Å². The van der Waals surface area contributed by atoms with E-state index in [4.69, 9.17) is 17.3 Å². The van der Waals surface area contributed by atoms with Crippen molar-refractivity contribution in [3.8, 4) is 0 Å². The summed E-state index contributed by atoms with van der Waals surface area (Å²) in [5.74, 6) is 4.12. The fourth-order valence-electron chi connectivity index (χ4n) is 1.68. The Balaban J connectivity index is 3.11. The van der Waals surface area contributed by atoms with E-state index in [0.29, 0.717) is 12.1 Å². The van der Waals surface area contributed by atoms with E-state index >= 15 is 0 Å². The van der Waals surface area contributed by atoms with Crippen LogP contribution in [0.5, 0.6) is 0 Å². The lowest BCUT2D eigenvalue weighted by Gasteiger charge is -2.11. The molecule has 0 amide bonds. The summed E-state index contributed by atoms with van der Waals surface area (Å²) in [5.41, 5.74) is 12.0. The molecular weight excluding hydrogens is 274 g/mol. The zero-order chi connectivity index (χ0) is 16.0. The Morgan fingerprint density at radius 2 is 2.05 bits per heavy atom. The summed E-state index contributed by atoms with van der Waals surface area (Å²) in [7, 11) is 1.68. The first-order chi connectivity index (χ1) is 9.85. The van der Waals surface area contributed by atoms with Crippen LogP contribution < -0.4 is 17.3 Å². The molecule has 0 fully saturated rings. The summed E-state index contributed by atoms with van der Waals surface area (Å²) >= 11 is 0. The zero-order valence-electron chi connectivity index (χ0n) is 11.9. The van der Waals surface area contributed by atoms with E-state index in [9.17, 15) is 8.78 Å². The number of nitrogen functional groups attached to an aromatic ring is 1. The van der Waals surface area contributed by atoms with Crippen LogP contribution in [-0.2, 0) is 0 Å². The number of likely N-dealkylation sites (N-methyl/N-ethyl adjacent to an activating group) is 1. The molecule has 0 spiro atoms. The predicted molar refractivity (Wildman–Crippen MR) is 82.9 cm³/mol. The first-order valence-corrected chi connectivity index (χ1v) is 6.31. The van der Waals surface area contributed by atoms with Crippen LogP contribution in [0.4, 0.5) is 14.5 Å². The highest BCUT2D eigenvalue weighted by atomic mass is 19.1. The number of hydrazine groups is 1. The molecule has 6 N–H and O–H groups in total. The molecule has 0 radical (unpaired) electrons. The molecule has 0 unspecified atom stereocenters. The number of nitrogens with zero attached hydrogens (tertiary/aromatic N) is 1. The molecule has 4 nitrogen and oxygen atoms in total. The number of nitrogens with two attached hydrogens (primary N) is 3. The lowest BCUT2D eigenvalue weighted by atomic mass is 10.1. The van der Waals surface area contributed by atoms with Crippen molar-refractivity contribution in [2.24, 2.45) is 11.6 Å². The Morgan fingerprint density at radius 3 is 2.62 bits per heavy atom. The third-order valence-electron chi connectivity index (χ3n) is 2.70. The van der Waals surface area contributed by atoms with E-state index < -0.39 is 11.6 Å². The third-order valence-corrected chi connectivity index (χ3v) is 2.70. The Hall–Kier alpha value is -2.02. The van der Waals surface area contributed by atoms with Gasteiger partial charge in [-0.1, -0.05) is 18.7 Å². The van der Waals surface area contributed by atoms with Crippen LogP contribution in [0.2, 0.25) is 0 Å². The fourth-order valence-corrected chi connectivity index (χ4v) is 1.68. The van der Waals surface area contributed by atoms with Crippen LogP contribution in [0, 0.1) is 11.6 Å². The van der Waals surface area contributed by atoms with E-state index in [1.54, 1.807) is 19.2 Å². The topological polar surface area (TPSA) is 81.3 Å². The molecule has 0 atom stereocenters. The van der Waals surface area contributed by atoms with Crippen molar-refractivity contribution in [1.82, 2.24) is 5.01 Å². The second-order valence-electron chi connectivity index (χ2n) is 4.69. The van der Waals surface area contributed by atoms with Crippen LogP contribution in [0.25, 0.3) is 6.08 Å². The van der Waals surface area contributed by atoms with E-state index in [0.717, 1.165) is 11.6 Å². The van der Waals surface area contributed by atoms with E-state index in [1.165, 1.54) is 17.2 Å². The number of hydrogen-bond donors (Lipinski definition) is 3. The maximum atomic E-state index is 13.8. The van der Waals surface area contributed by atoms with Gasteiger partial charge in [0.1, 0.15) is 5.82 Å². The molecule has 0 heterocycles. The highest BCUT2D eigenvalue weighted by Crippen LogP contribution is 2.20. The number of anilines is 1. The SMILES string of the molecule is C=C(/C=C(/C=Cc1c(F)ccc(N)c1F)CN(C)N)CN. The van der Waals surface area contributed by atoms with Crippen LogP contribution in [0.1, 0.15) is 5.56 Å². The normalized spacial score (nSPS) is 12.4. The average Bonchev–Trinajstić information content (AvgIpc) is 2.42. The number of hydrogen-bond acceptors (Lipinski definition) is 4. The minimum absolute atomic E-state index is 0.108. The zero-order valence-corrected chi connectivity index (χ0v) is 11.9. The molecule has 0 aliphatic heterocycles. The van der Waals surface area contributed by atoms with Gasteiger partial charge in [0.25, 0.3) is 0 Å². The van der Waals surface area contributed by atoms with E-state index in [2.05, 4.69) is 6.58 Å². The van der Waals surface area contributed by atoms with Gasteiger partial charge in [0, 0.05) is 25.7 Å². The predicted octanol–water partition coefficient (Wildman–Crippen LogP) is 1.81. The molecule has 0 aromatic heterocycles. The van der Waals surface area contributed by atoms with Crippen LogP contribution in [0.15, 0.2) is 42.0 Å². The lowest BCUT2D eigenvalue weighted by Crippen LogP contribution is -2.27. The number of benzene rings is 1. The summed E-state index contributed by atoms with van der Waals surface area (Å²) < 4.78 is 27.4.